The normalized spacial score (nSPS) is 10.9. The number of hydrogen-bond donors (Lipinski definition) is 2. The van der Waals surface area contributed by atoms with Crippen LogP contribution in [0, 0.1) is 10.1 Å². The summed E-state index contributed by atoms with van der Waals surface area (Å²) >= 11 is 0. The summed E-state index contributed by atoms with van der Waals surface area (Å²) in [5, 5.41) is 15.3. The standard InChI is InChI=1S/C17H14F3N3O5/c1-10(24)21-14-6-5-11(17(18,19)20)7-15(14)22-16(25)9-28-13-4-2-3-12(8-13)23(26)27/h2-8H,9H2,1H3,(H,21,24)(H,22,25). The number of nitro groups is 1. The van der Waals surface area contributed by atoms with E-state index in [9.17, 15) is 32.9 Å². The number of rotatable bonds is 6. The maximum Gasteiger partial charge on any atom is 0.416 e. The minimum absolute atomic E-state index is 0.0239. The van der Waals surface area contributed by atoms with Gasteiger partial charge >= 0.3 is 6.18 Å². The molecule has 0 heterocycles. The Morgan fingerprint density at radius 2 is 1.82 bits per heavy atom. The van der Waals surface area contributed by atoms with Crippen molar-refractivity contribution in [2.75, 3.05) is 17.2 Å². The van der Waals surface area contributed by atoms with Crippen LogP contribution in [0.3, 0.4) is 0 Å². The molecule has 11 heteroatoms. The molecule has 2 amide bonds. The molecular formula is C17H14F3N3O5. The maximum absolute atomic E-state index is 12.9. The topological polar surface area (TPSA) is 111 Å². The fourth-order valence-electron chi connectivity index (χ4n) is 2.14. The van der Waals surface area contributed by atoms with Gasteiger partial charge in [-0.3, -0.25) is 19.7 Å². The lowest BCUT2D eigenvalue weighted by Crippen LogP contribution is -2.22. The van der Waals surface area contributed by atoms with Crippen LogP contribution >= 0.6 is 0 Å². The number of nitro benzene ring substituents is 1. The molecule has 0 fully saturated rings. The molecule has 0 aliphatic carbocycles. The first-order chi connectivity index (χ1) is 13.1. The molecule has 148 valence electrons. The number of hydrogen-bond acceptors (Lipinski definition) is 5. The van der Waals surface area contributed by atoms with E-state index in [-0.39, 0.29) is 22.8 Å². The molecule has 0 aliphatic rings. The van der Waals surface area contributed by atoms with Crippen LogP contribution < -0.4 is 15.4 Å². The molecule has 28 heavy (non-hydrogen) atoms. The fourth-order valence-corrected chi connectivity index (χ4v) is 2.14. The second-order valence-corrected chi connectivity index (χ2v) is 5.53. The number of halogens is 3. The van der Waals surface area contributed by atoms with Crippen LogP contribution in [0.1, 0.15) is 12.5 Å². The lowest BCUT2D eigenvalue weighted by atomic mass is 10.1. The molecule has 0 radical (unpaired) electrons. The third-order valence-electron chi connectivity index (χ3n) is 3.33. The molecule has 2 aromatic carbocycles. The van der Waals surface area contributed by atoms with E-state index in [2.05, 4.69) is 10.6 Å². The van der Waals surface area contributed by atoms with E-state index in [0.29, 0.717) is 6.07 Å². The molecule has 0 saturated carbocycles. The van der Waals surface area contributed by atoms with Crippen LogP contribution in [0.2, 0.25) is 0 Å². The lowest BCUT2D eigenvalue weighted by molar-refractivity contribution is -0.384. The number of non-ortho nitro benzene ring substituents is 1. The molecule has 0 aliphatic heterocycles. The van der Waals surface area contributed by atoms with Gasteiger partial charge in [0.15, 0.2) is 6.61 Å². The molecular weight excluding hydrogens is 383 g/mol. The number of amides is 2. The molecule has 0 saturated heterocycles. The minimum Gasteiger partial charge on any atom is -0.484 e. The Hall–Kier alpha value is -3.63. The number of ether oxygens (including phenoxy) is 1. The number of nitrogens with zero attached hydrogens (tertiary/aromatic N) is 1. The summed E-state index contributed by atoms with van der Waals surface area (Å²) in [4.78, 5) is 33.3. The largest absolute Gasteiger partial charge is 0.484 e. The Morgan fingerprint density at radius 3 is 2.43 bits per heavy atom. The highest BCUT2D eigenvalue weighted by molar-refractivity contribution is 5.99. The van der Waals surface area contributed by atoms with E-state index < -0.39 is 35.1 Å². The van der Waals surface area contributed by atoms with Crippen molar-refractivity contribution in [1.29, 1.82) is 0 Å². The molecule has 0 unspecified atom stereocenters. The zero-order valence-electron chi connectivity index (χ0n) is 14.4. The first-order valence-electron chi connectivity index (χ1n) is 7.72. The third kappa shape index (κ3) is 5.69. The summed E-state index contributed by atoms with van der Waals surface area (Å²) in [7, 11) is 0. The second kappa shape index (κ2) is 8.37. The molecule has 0 spiro atoms. The van der Waals surface area contributed by atoms with E-state index in [1.807, 2.05) is 0 Å². The van der Waals surface area contributed by atoms with Crippen LogP contribution in [0.5, 0.6) is 5.75 Å². The van der Waals surface area contributed by atoms with Crippen LogP contribution in [0.25, 0.3) is 0 Å². The van der Waals surface area contributed by atoms with E-state index in [0.717, 1.165) is 25.1 Å². The van der Waals surface area contributed by atoms with Crippen molar-refractivity contribution in [2.24, 2.45) is 0 Å². The van der Waals surface area contributed by atoms with Gasteiger partial charge in [0.2, 0.25) is 5.91 Å². The summed E-state index contributed by atoms with van der Waals surface area (Å²) in [6, 6.07) is 7.52. The molecule has 2 rings (SSSR count). The summed E-state index contributed by atoms with van der Waals surface area (Å²) < 4.78 is 43.8. The van der Waals surface area contributed by atoms with Gasteiger partial charge in [-0.1, -0.05) is 6.07 Å². The van der Waals surface area contributed by atoms with Crippen molar-refractivity contribution in [1.82, 2.24) is 0 Å². The maximum atomic E-state index is 12.9. The Kier molecular flexibility index (Phi) is 6.18. The summed E-state index contributed by atoms with van der Waals surface area (Å²) in [5.41, 5.74) is -1.55. The number of anilines is 2. The Bertz CT molecular complexity index is 915. The highest BCUT2D eigenvalue weighted by Crippen LogP contribution is 2.34. The van der Waals surface area contributed by atoms with Gasteiger partial charge in [-0.15, -0.1) is 0 Å². The number of benzene rings is 2. The second-order valence-electron chi connectivity index (χ2n) is 5.53. The van der Waals surface area contributed by atoms with Gasteiger partial charge in [0, 0.05) is 13.0 Å². The molecule has 8 nitrogen and oxygen atoms in total. The summed E-state index contributed by atoms with van der Waals surface area (Å²) in [6.07, 6.45) is -4.65. The van der Waals surface area contributed by atoms with Crippen molar-refractivity contribution in [3.05, 3.63) is 58.1 Å². The highest BCUT2D eigenvalue weighted by Gasteiger charge is 2.31. The lowest BCUT2D eigenvalue weighted by Gasteiger charge is -2.15. The van der Waals surface area contributed by atoms with Crippen molar-refractivity contribution in [3.63, 3.8) is 0 Å². The van der Waals surface area contributed by atoms with Crippen molar-refractivity contribution >= 4 is 28.9 Å². The predicted octanol–water partition coefficient (Wildman–Crippen LogP) is 3.59. The predicted molar refractivity (Wildman–Crippen MR) is 93.0 cm³/mol. The van der Waals surface area contributed by atoms with E-state index >= 15 is 0 Å². The number of carbonyl (C=O) groups is 2. The van der Waals surface area contributed by atoms with E-state index in [1.165, 1.54) is 18.2 Å². The monoisotopic (exact) mass is 397 g/mol. The van der Waals surface area contributed by atoms with Gasteiger partial charge in [0.05, 0.1) is 27.9 Å². The van der Waals surface area contributed by atoms with Crippen LogP contribution in [-0.4, -0.2) is 23.3 Å². The van der Waals surface area contributed by atoms with Gasteiger partial charge in [-0.2, -0.15) is 13.2 Å². The van der Waals surface area contributed by atoms with Crippen molar-refractivity contribution in [2.45, 2.75) is 13.1 Å². The van der Waals surface area contributed by atoms with Crippen molar-refractivity contribution in [3.8, 4) is 5.75 Å². The van der Waals surface area contributed by atoms with Crippen LogP contribution in [0.4, 0.5) is 30.2 Å². The van der Waals surface area contributed by atoms with Crippen LogP contribution in [-0.2, 0) is 15.8 Å². The van der Waals surface area contributed by atoms with Gasteiger partial charge in [-0.05, 0) is 24.3 Å². The highest BCUT2D eigenvalue weighted by atomic mass is 19.4. The van der Waals surface area contributed by atoms with Gasteiger partial charge in [0.25, 0.3) is 11.6 Å². The molecule has 2 N–H and O–H groups in total. The quantitative estimate of drug-likeness (QED) is 0.572. The summed E-state index contributed by atoms with van der Waals surface area (Å²) in [6.45, 7) is 0.547. The van der Waals surface area contributed by atoms with E-state index in [1.54, 1.807) is 0 Å². The van der Waals surface area contributed by atoms with Gasteiger partial charge in [0.1, 0.15) is 5.75 Å². The van der Waals surface area contributed by atoms with Crippen molar-refractivity contribution < 1.29 is 32.4 Å². The first kappa shape index (κ1) is 20.7. The Morgan fingerprint density at radius 1 is 1.11 bits per heavy atom. The van der Waals surface area contributed by atoms with E-state index in [4.69, 9.17) is 4.74 Å². The number of alkyl halides is 3. The molecule has 0 atom stereocenters. The SMILES string of the molecule is CC(=O)Nc1ccc(C(F)(F)F)cc1NC(=O)COc1cccc([N+](=O)[O-])c1. The third-order valence-corrected chi connectivity index (χ3v) is 3.33. The summed E-state index contributed by atoms with van der Waals surface area (Å²) in [5.74, 6) is -1.32. The van der Waals surface area contributed by atoms with Gasteiger partial charge in [-0.25, -0.2) is 0 Å². The smallest absolute Gasteiger partial charge is 0.416 e. The average molecular weight is 397 g/mol. The number of carbonyl (C=O) groups excluding carboxylic acids is 2. The minimum atomic E-state index is -4.65. The first-order valence-corrected chi connectivity index (χ1v) is 7.72. The molecule has 0 bridgehead atoms. The fraction of sp³-hybridized carbons (Fsp3) is 0.176. The molecule has 0 aromatic heterocycles. The number of nitrogens with one attached hydrogen (secondary N) is 2. The van der Waals surface area contributed by atoms with Gasteiger partial charge < -0.3 is 15.4 Å². The molecule has 2 aromatic rings. The van der Waals surface area contributed by atoms with Crippen LogP contribution in [0.15, 0.2) is 42.5 Å². The zero-order chi connectivity index (χ0) is 20.9. The Labute approximate surface area is 156 Å². The Balaban J connectivity index is 2.14. The zero-order valence-corrected chi connectivity index (χ0v) is 14.4. The average Bonchev–Trinajstić information content (AvgIpc) is 2.60.